The number of ether oxygens (including phenoxy) is 1. The van der Waals surface area contributed by atoms with Crippen molar-refractivity contribution in [3.8, 4) is 0 Å². The topological polar surface area (TPSA) is 49.8 Å². The van der Waals surface area contributed by atoms with Crippen LogP contribution in [0.15, 0.2) is 24.3 Å². The number of carbonyl (C=O) groups excluding carboxylic acids is 1. The SMILES string of the molecule is CC(=O)N1c2ccc(C3=CCOCC3)cc2C[C@@H](C)[C@@H]1O. The lowest BCUT2D eigenvalue weighted by molar-refractivity contribution is -0.119. The molecule has 1 N–H and O–H groups in total. The summed E-state index contributed by atoms with van der Waals surface area (Å²) in [6.45, 7) is 4.91. The molecule has 2 aliphatic heterocycles. The van der Waals surface area contributed by atoms with Crippen molar-refractivity contribution in [2.75, 3.05) is 18.1 Å². The summed E-state index contributed by atoms with van der Waals surface area (Å²) in [6.07, 6.45) is 3.10. The number of hydrogen-bond donors (Lipinski definition) is 1. The van der Waals surface area contributed by atoms with Gasteiger partial charge in [0, 0.05) is 18.5 Å². The Morgan fingerprint density at radius 1 is 1.43 bits per heavy atom. The molecular formula is C17H21NO3. The standard InChI is InChI=1S/C17H21NO3/c1-11-9-15-10-14(13-5-7-21-8-6-13)3-4-16(15)18(12(2)19)17(11)20/h3-5,10-11,17,20H,6-9H2,1-2H3/t11-,17+/m1/s1. The zero-order valence-electron chi connectivity index (χ0n) is 12.5. The predicted octanol–water partition coefficient (Wildman–Crippen LogP) is 2.35. The number of rotatable bonds is 1. The van der Waals surface area contributed by atoms with Crippen LogP contribution in [0.4, 0.5) is 5.69 Å². The zero-order chi connectivity index (χ0) is 15.0. The van der Waals surface area contributed by atoms with E-state index < -0.39 is 6.23 Å². The first-order chi connectivity index (χ1) is 10.1. The molecule has 0 unspecified atom stereocenters. The lowest BCUT2D eigenvalue weighted by Crippen LogP contribution is -2.47. The van der Waals surface area contributed by atoms with E-state index in [2.05, 4.69) is 12.1 Å². The van der Waals surface area contributed by atoms with Gasteiger partial charge in [0.2, 0.25) is 5.91 Å². The highest BCUT2D eigenvalue weighted by molar-refractivity contribution is 5.93. The molecule has 4 nitrogen and oxygen atoms in total. The van der Waals surface area contributed by atoms with Crippen LogP contribution < -0.4 is 4.90 Å². The molecule has 2 atom stereocenters. The number of nitrogens with zero attached hydrogens (tertiary/aromatic N) is 1. The maximum absolute atomic E-state index is 11.8. The summed E-state index contributed by atoms with van der Waals surface area (Å²) < 4.78 is 5.35. The van der Waals surface area contributed by atoms with Crippen LogP contribution in [0.3, 0.4) is 0 Å². The Labute approximate surface area is 125 Å². The van der Waals surface area contributed by atoms with E-state index in [0.29, 0.717) is 6.61 Å². The highest BCUT2D eigenvalue weighted by atomic mass is 16.5. The minimum atomic E-state index is -0.733. The van der Waals surface area contributed by atoms with E-state index in [1.54, 1.807) is 0 Å². The fourth-order valence-corrected chi connectivity index (χ4v) is 3.18. The Morgan fingerprint density at radius 3 is 2.90 bits per heavy atom. The molecule has 1 amide bonds. The molecular weight excluding hydrogens is 266 g/mol. The molecule has 0 saturated heterocycles. The average molecular weight is 287 g/mol. The van der Waals surface area contributed by atoms with E-state index in [1.807, 2.05) is 19.1 Å². The largest absolute Gasteiger partial charge is 0.377 e. The minimum Gasteiger partial charge on any atom is -0.377 e. The quantitative estimate of drug-likeness (QED) is 0.862. The highest BCUT2D eigenvalue weighted by Crippen LogP contribution is 2.35. The molecule has 21 heavy (non-hydrogen) atoms. The van der Waals surface area contributed by atoms with Crippen LogP contribution in [0.1, 0.15) is 31.4 Å². The van der Waals surface area contributed by atoms with Crippen LogP contribution in [-0.2, 0) is 16.0 Å². The van der Waals surface area contributed by atoms with Crippen LogP contribution in [0, 0.1) is 5.92 Å². The molecule has 0 radical (unpaired) electrons. The van der Waals surface area contributed by atoms with Crippen molar-refractivity contribution in [2.24, 2.45) is 5.92 Å². The molecule has 4 heteroatoms. The Kier molecular flexibility index (Phi) is 3.83. The van der Waals surface area contributed by atoms with Crippen LogP contribution in [0.2, 0.25) is 0 Å². The molecule has 2 aliphatic rings. The van der Waals surface area contributed by atoms with Gasteiger partial charge in [-0.15, -0.1) is 0 Å². The number of anilines is 1. The summed E-state index contributed by atoms with van der Waals surface area (Å²) in [4.78, 5) is 13.3. The normalized spacial score (nSPS) is 25.3. The summed E-state index contributed by atoms with van der Waals surface area (Å²) in [6, 6.07) is 6.15. The molecule has 1 aromatic rings. The monoisotopic (exact) mass is 287 g/mol. The Morgan fingerprint density at radius 2 is 2.24 bits per heavy atom. The Bertz CT molecular complexity index is 594. The summed E-state index contributed by atoms with van der Waals surface area (Å²) >= 11 is 0. The second-order valence-corrected chi connectivity index (χ2v) is 5.88. The van der Waals surface area contributed by atoms with Gasteiger partial charge in [0.25, 0.3) is 0 Å². The molecule has 3 rings (SSSR count). The van der Waals surface area contributed by atoms with Crippen molar-refractivity contribution in [1.82, 2.24) is 0 Å². The number of fused-ring (bicyclic) bond motifs is 1. The number of carbonyl (C=O) groups is 1. The second kappa shape index (κ2) is 5.62. The molecule has 2 heterocycles. The molecule has 0 aromatic heterocycles. The third-order valence-corrected chi connectivity index (χ3v) is 4.33. The fraction of sp³-hybridized carbons (Fsp3) is 0.471. The van der Waals surface area contributed by atoms with Crippen LogP contribution in [0.25, 0.3) is 5.57 Å². The van der Waals surface area contributed by atoms with E-state index >= 15 is 0 Å². The van der Waals surface area contributed by atoms with Gasteiger partial charge in [0.15, 0.2) is 0 Å². The maximum atomic E-state index is 11.8. The summed E-state index contributed by atoms with van der Waals surface area (Å²) in [5.74, 6) is -0.0753. The minimum absolute atomic E-state index is 0.0420. The molecule has 1 aromatic carbocycles. The second-order valence-electron chi connectivity index (χ2n) is 5.88. The van der Waals surface area contributed by atoms with Crippen LogP contribution >= 0.6 is 0 Å². The number of hydrogen-bond acceptors (Lipinski definition) is 3. The van der Waals surface area contributed by atoms with Gasteiger partial charge >= 0.3 is 0 Å². The van der Waals surface area contributed by atoms with Crippen molar-refractivity contribution in [1.29, 1.82) is 0 Å². The summed E-state index contributed by atoms with van der Waals surface area (Å²) in [7, 11) is 0. The molecule has 0 bridgehead atoms. The Balaban J connectivity index is 2.00. The lowest BCUT2D eigenvalue weighted by atomic mass is 9.89. The summed E-state index contributed by atoms with van der Waals surface area (Å²) in [5.41, 5.74) is 4.47. The molecule has 0 spiro atoms. The Hall–Kier alpha value is -1.65. The van der Waals surface area contributed by atoms with Gasteiger partial charge in [-0.05, 0) is 41.7 Å². The van der Waals surface area contributed by atoms with Gasteiger partial charge in [0.05, 0.1) is 13.2 Å². The van der Waals surface area contributed by atoms with E-state index in [-0.39, 0.29) is 11.8 Å². The van der Waals surface area contributed by atoms with Crippen molar-refractivity contribution < 1.29 is 14.6 Å². The van der Waals surface area contributed by atoms with Crippen molar-refractivity contribution in [3.05, 3.63) is 35.4 Å². The third kappa shape index (κ3) is 2.61. The van der Waals surface area contributed by atoms with Gasteiger partial charge in [-0.2, -0.15) is 0 Å². The fourth-order valence-electron chi connectivity index (χ4n) is 3.18. The van der Waals surface area contributed by atoms with Gasteiger partial charge in [0.1, 0.15) is 6.23 Å². The van der Waals surface area contributed by atoms with E-state index in [1.165, 1.54) is 23.0 Å². The smallest absolute Gasteiger partial charge is 0.225 e. The van der Waals surface area contributed by atoms with Crippen molar-refractivity contribution in [3.63, 3.8) is 0 Å². The first-order valence-corrected chi connectivity index (χ1v) is 7.46. The van der Waals surface area contributed by atoms with Crippen LogP contribution in [-0.4, -0.2) is 30.5 Å². The van der Waals surface area contributed by atoms with Crippen molar-refractivity contribution in [2.45, 2.75) is 32.9 Å². The number of aliphatic hydroxyl groups excluding tert-OH is 1. The predicted molar refractivity (Wildman–Crippen MR) is 81.9 cm³/mol. The molecule has 0 aliphatic carbocycles. The van der Waals surface area contributed by atoms with Gasteiger partial charge in [-0.1, -0.05) is 19.1 Å². The zero-order valence-corrected chi connectivity index (χ0v) is 12.5. The van der Waals surface area contributed by atoms with Gasteiger partial charge in [-0.3, -0.25) is 9.69 Å². The molecule has 112 valence electrons. The highest BCUT2D eigenvalue weighted by Gasteiger charge is 2.32. The third-order valence-electron chi connectivity index (χ3n) is 4.33. The maximum Gasteiger partial charge on any atom is 0.225 e. The first-order valence-electron chi connectivity index (χ1n) is 7.46. The van der Waals surface area contributed by atoms with Gasteiger partial charge in [-0.25, -0.2) is 0 Å². The van der Waals surface area contributed by atoms with E-state index in [4.69, 9.17) is 4.74 Å². The van der Waals surface area contributed by atoms with E-state index in [0.717, 1.165) is 30.7 Å². The molecule has 0 saturated carbocycles. The lowest BCUT2D eigenvalue weighted by Gasteiger charge is -2.37. The number of benzene rings is 1. The number of aliphatic hydroxyl groups is 1. The first kappa shape index (κ1) is 14.3. The average Bonchev–Trinajstić information content (AvgIpc) is 2.48. The van der Waals surface area contributed by atoms with Crippen LogP contribution in [0.5, 0.6) is 0 Å². The van der Waals surface area contributed by atoms with Gasteiger partial charge < -0.3 is 9.84 Å². The number of amides is 1. The van der Waals surface area contributed by atoms with E-state index in [9.17, 15) is 9.90 Å². The van der Waals surface area contributed by atoms with Crippen molar-refractivity contribution >= 4 is 17.2 Å². The molecule has 0 fully saturated rings. The summed E-state index contributed by atoms with van der Waals surface area (Å²) in [5, 5.41) is 10.2.